The van der Waals surface area contributed by atoms with Crippen molar-refractivity contribution < 1.29 is 4.74 Å². The van der Waals surface area contributed by atoms with Crippen LogP contribution in [0.3, 0.4) is 0 Å². The first-order valence-corrected chi connectivity index (χ1v) is 6.79. The molecule has 0 radical (unpaired) electrons. The van der Waals surface area contributed by atoms with Crippen molar-refractivity contribution >= 4 is 39.7 Å². The second kappa shape index (κ2) is 4.68. The average Bonchev–Trinajstić information content (AvgIpc) is 2.84. The highest BCUT2D eigenvalue weighted by Gasteiger charge is 2.12. The predicted octanol–water partition coefficient (Wildman–Crippen LogP) is 3.60. The van der Waals surface area contributed by atoms with Crippen molar-refractivity contribution in [1.82, 2.24) is 9.97 Å². The zero-order valence-electron chi connectivity index (χ0n) is 10.1. The zero-order valence-corrected chi connectivity index (χ0v) is 11.6. The third-order valence-electron chi connectivity index (χ3n) is 2.75. The molecule has 0 fully saturated rings. The molecule has 19 heavy (non-hydrogen) atoms. The summed E-state index contributed by atoms with van der Waals surface area (Å²) in [6.45, 7) is 0. The van der Waals surface area contributed by atoms with E-state index in [-0.39, 0.29) is 0 Å². The van der Waals surface area contributed by atoms with Gasteiger partial charge in [-0.15, -0.1) is 11.3 Å². The van der Waals surface area contributed by atoms with Crippen LogP contribution in [0.1, 0.15) is 0 Å². The van der Waals surface area contributed by atoms with Crippen molar-refractivity contribution in [3.05, 3.63) is 34.7 Å². The van der Waals surface area contributed by atoms with Gasteiger partial charge in [0.05, 0.1) is 22.5 Å². The first-order valence-electron chi connectivity index (χ1n) is 5.53. The molecule has 0 bridgehead atoms. The minimum Gasteiger partial charge on any atom is -0.497 e. The van der Waals surface area contributed by atoms with E-state index < -0.39 is 0 Å². The van der Waals surface area contributed by atoms with Gasteiger partial charge in [-0.05, 0) is 29.6 Å². The van der Waals surface area contributed by atoms with Crippen molar-refractivity contribution in [2.75, 3.05) is 12.8 Å². The quantitative estimate of drug-likeness (QED) is 0.783. The molecule has 0 aliphatic carbocycles. The minimum atomic E-state index is 0.420. The van der Waals surface area contributed by atoms with Gasteiger partial charge in [0.2, 0.25) is 0 Å². The molecule has 0 atom stereocenters. The number of hydrogen-bond acceptors (Lipinski definition) is 5. The van der Waals surface area contributed by atoms with Gasteiger partial charge in [-0.2, -0.15) is 0 Å². The number of thiophene rings is 1. The molecule has 0 spiro atoms. The van der Waals surface area contributed by atoms with Crippen LogP contribution < -0.4 is 10.5 Å². The van der Waals surface area contributed by atoms with Crippen LogP contribution in [-0.2, 0) is 0 Å². The number of nitrogens with zero attached hydrogens (tertiary/aromatic N) is 2. The molecule has 0 saturated heterocycles. The molecule has 6 heteroatoms. The van der Waals surface area contributed by atoms with Crippen LogP contribution >= 0.6 is 22.9 Å². The molecule has 0 aliphatic rings. The Morgan fingerprint density at radius 2 is 2.11 bits per heavy atom. The fourth-order valence-corrected chi connectivity index (χ4v) is 2.89. The van der Waals surface area contributed by atoms with E-state index in [1.807, 2.05) is 29.6 Å². The molecular formula is C13H10ClN3OS. The fraction of sp³-hybridized carbons (Fsp3) is 0.0769. The van der Waals surface area contributed by atoms with Gasteiger partial charge in [-0.3, -0.25) is 0 Å². The molecule has 3 aromatic rings. The summed E-state index contributed by atoms with van der Waals surface area (Å²) in [4.78, 5) is 9.64. The Bertz CT molecular complexity index is 757. The van der Waals surface area contributed by atoms with Gasteiger partial charge >= 0.3 is 0 Å². The summed E-state index contributed by atoms with van der Waals surface area (Å²) >= 11 is 7.59. The number of anilines is 1. The van der Waals surface area contributed by atoms with Gasteiger partial charge in [0.15, 0.2) is 5.82 Å². The van der Waals surface area contributed by atoms with E-state index >= 15 is 0 Å². The standard InChI is InChI=1S/C13H10ClN3OS/c1-18-7-2-3-10-8(6-7)12(15)17-13(16-10)11-9(14)4-5-19-11/h2-6H,1H3,(H2,15,16,17). The zero-order chi connectivity index (χ0) is 13.4. The Labute approximate surface area is 118 Å². The SMILES string of the molecule is COc1ccc2nc(-c3sccc3Cl)nc(N)c2c1. The Morgan fingerprint density at radius 3 is 2.79 bits per heavy atom. The van der Waals surface area contributed by atoms with Gasteiger partial charge in [-0.1, -0.05) is 11.6 Å². The summed E-state index contributed by atoms with van der Waals surface area (Å²) in [6, 6.07) is 7.34. The number of fused-ring (bicyclic) bond motifs is 1. The number of ether oxygens (including phenoxy) is 1. The largest absolute Gasteiger partial charge is 0.497 e. The molecule has 2 aromatic heterocycles. The number of rotatable bonds is 2. The van der Waals surface area contributed by atoms with Crippen LogP contribution in [0.4, 0.5) is 5.82 Å². The van der Waals surface area contributed by atoms with Crippen molar-refractivity contribution in [1.29, 1.82) is 0 Å². The summed E-state index contributed by atoms with van der Waals surface area (Å²) in [5.74, 6) is 1.70. The molecule has 3 rings (SSSR count). The first-order chi connectivity index (χ1) is 9.19. The van der Waals surface area contributed by atoms with Gasteiger partial charge in [0, 0.05) is 5.39 Å². The smallest absolute Gasteiger partial charge is 0.173 e. The highest BCUT2D eigenvalue weighted by Crippen LogP contribution is 2.33. The number of benzene rings is 1. The number of aromatic nitrogens is 2. The summed E-state index contributed by atoms with van der Waals surface area (Å²) < 4.78 is 5.17. The molecule has 1 aromatic carbocycles. The Morgan fingerprint density at radius 1 is 1.26 bits per heavy atom. The van der Waals surface area contributed by atoms with Crippen LogP contribution in [0.5, 0.6) is 5.75 Å². The highest BCUT2D eigenvalue weighted by molar-refractivity contribution is 7.14. The number of nitrogens with two attached hydrogens (primary N) is 1. The van der Waals surface area contributed by atoms with Crippen LogP contribution in [0.25, 0.3) is 21.6 Å². The maximum Gasteiger partial charge on any atom is 0.173 e. The molecule has 2 heterocycles. The highest BCUT2D eigenvalue weighted by atomic mass is 35.5. The topological polar surface area (TPSA) is 61.0 Å². The third kappa shape index (κ3) is 2.11. The van der Waals surface area contributed by atoms with E-state index in [0.717, 1.165) is 21.5 Å². The molecule has 2 N–H and O–H groups in total. The molecular weight excluding hydrogens is 282 g/mol. The van der Waals surface area contributed by atoms with E-state index in [2.05, 4.69) is 9.97 Å². The van der Waals surface area contributed by atoms with Crippen LogP contribution in [0, 0.1) is 0 Å². The first kappa shape index (κ1) is 12.2. The molecule has 0 unspecified atom stereocenters. The van der Waals surface area contributed by atoms with Crippen LogP contribution in [0.15, 0.2) is 29.6 Å². The van der Waals surface area contributed by atoms with E-state index in [1.165, 1.54) is 11.3 Å². The second-order valence-electron chi connectivity index (χ2n) is 3.91. The average molecular weight is 292 g/mol. The van der Waals surface area contributed by atoms with Crippen molar-refractivity contribution in [2.45, 2.75) is 0 Å². The Balaban J connectivity index is 2.23. The summed E-state index contributed by atoms with van der Waals surface area (Å²) in [5.41, 5.74) is 6.76. The number of nitrogen functional groups attached to an aromatic ring is 1. The lowest BCUT2D eigenvalue weighted by Crippen LogP contribution is -1.97. The van der Waals surface area contributed by atoms with Gasteiger partial charge < -0.3 is 10.5 Å². The van der Waals surface area contributed by atoms with Crippen LogP contribution in [0.2, 0.25) is 5.02 Å². The third-order valence-corrected chi connectivity index (χ3v) is 4.09. The predicted molar refractivity (Wildman–Crippen MR) is 78.8 cm³/mol. The van der Waals surface area contributed by atoms with Crippen molar-refractivity contribution in [3.8, 4) is 16.5 Å². The normalized spacial score (nSPS) is 10.8. The lowest BCUT2D eigenvalue weighted by atomic mass is 10.2. The van der Waals surface area contributed by atoms with E-state index in [1.54, 1.807) is 7.11 Å². The molecule has 96 valence electrons. The van der Waals surface area contributed by atoms with Crippen molar-refractivity contribution in [3.63, 3.8) is 0 Å². The molecule has 0 aliphatic heterocycles. The number of halogens is 1. The number of methoxy groups -OCH3 is 1. The monoisotopic (exact) mass is 291 g/mol. The Hall–Kier alpha value is -1.85. The molecule has 0 saturated carbocycles. The summed E-state index contributed by atoms with van der Waals surface area (Å²) in [5, 5.41) is 3.31. The molecule has 4 nitrogen and oxygen atoms in total. The van der Waals surface area contributed by atoms with Gasteiger partial charge in [-0.25, -0.2) is 9.97 Å². The maximum atomic E-state index is 6.10. The van der Waals surface area contributed by atoms with Crippen molar-refractivity contribution in [2.24, 2.45) is 0 Å². The lowest BCUT2D eigenvalue weighted by Gasteiger charge is -2.06. The van der Waals surface area contributed by atoms with Gasteiger partial charge in [0.1, 0.15) is 11.6 Å². The van der Waals surface area contributed by atoms with E-state index in [0.29, 0.717) is 16.7 Å². The number of hydrogen-bond donors (Lipinski definition) is 1. The Kier molecular flexibility index (Phi) is 3.00. The summed E-state index contributed by atoms with van der Waals surface area (Å²) in [6.07, 6.45) is 0. The summed E-state index contributed by atoms with van der Waals surface area (Å²) in [7, 11) is 1.61. The fourth-order valence-electron chi connectivity index (χ4n) is 1.81. The van der Waals surface area contributed by atoms with Crippen LogP contribution in [-0.4, -0.2) is 17.1 Å². The lowest BCUT2D eigenvalue weighted by molar-refractivity contribution is 0.415. The van der Waals surface area contributed by atoms with E-state index in [9.17, 15) is 0 Å². The second-order valence-corrected chi connectivity index (χ2v) is 5.24. The molecule has 0 amide bonds. The maximum absolute atomic E-state index is 6.10. The van der Waals surface area contributed by atoms with E-state index in [4.69, 9.17) is 22.1 Å². The van der Waals surface area contributed by atoms with Gasteiger partial charge in [0.25, 0.3) is 0 Å². The minimum absolute atomic E-state index is 0.420.